The molecule has 0 amide bonds. The number of nitrogen functional groups attached to an aromatic ring is 1. The van der Waals surface area contributed by atoms with Crippen molar-refractivity contribution in [3.8, 4) is 0 Å². The van der Waals surface area contributed by atoms with E-state index in [2.05, 4.69) is 23.9 Å². The molecular weight excluding hydrogens is 176 g/mol. The van der Waals surface area contributed by atoms with Crippen molar-refractivity contribution in [1.82, 2.24) is 14.8 Å². The Morgan fingerprint density at radius 2 is 2.29 bits per heavy atom. The van der Waals surface area contributed by atoms with Gasteiger partial charge >= 0.3 is 0 Å². The zero-order valence-corrected chi connectivity index (χ0v) is 8.44. The summed E-state index contributed by atoms with van der Waals surface area (Å²) in [6, 6.07) is 2.28. The summed E-state index contributed by atoms with van der Waals surface area (Å²) in [4.78, 5) is 4.29. The third-order valence-corrected chi connectivity index (χ3v) is 2.46. The molecule has 4 nitrogen and oxygen atoms in total. The summed E-state index contributed by atoms with van der Waals surface area (Å²) >= 11 is 0. The van der Waals surface area contributed by atoms with Crippen molar-refractivity contribution in [3.05, 3.63) is 18.5 Å². The van der Waals surface area contributed by atoms with Crippen LogP contribution in [0.3, 0.4) is 0 Å². The van der Waals surface area contributed by atoms with Crippen LogP contribution in [0.25, 0.3) is 11.0 Å². The van der Waals surface area contributed by atoms with Gasteiger partial charge in [0.15, 0.2) is 5.65 Å². The predicted octanol–water partition coefficient (Wildman–Crippen LogP) is 1.98. The number of hydrogen-bond acceptors (Lipinski definition) is 3. The second kappa shape index (κ2) is 3.29. The lowest BCUT2D eigenvalue weighted by atomic mass is 10.2. The molecule has 14 heavy (non-hydrogen) atoms. The quantitative estimate of drug-likeness (QED) is 0.787. The summed E-state index contributed by atoms with van der Waals surface area (Å²) in [6.45, 7) is 4.26. The summed E-state index contributed by atoms with van der Waals surface area (Å²) in [7, 11) is 0. The minimum absolute atomic E-state index is 0.378. The van der Waals surface area contributed by atoms with Crippen LogP contribution in [-0.4, -0.2) is 14.8 Å². The van der Waals surface area contributed by atoms with Gasteiger partial charge in [-0.1, -0.05) is 6.92 Å². The fourth-order valence-corrected chi connectivity index (χ4v) is 1.45. The van der Waals surface area contributed by atoms with Crippen LogP contribution in [0.5, 0.6) is 0 Å². The summed E-state index contributed by atoms with van der Waals surface area (Å²) in [5.41, 5.74) is 7.23. The maximum Gasteiger partial charge on any atom is 0.158 e. The van der Waals surface area contributed by atoms with Gasteiger partial charge in [0.25, 0.3) is 0 Å². The van der Waals surface area contributed by atoms with Crippen LogP contribution in [0.1, 0.15) is 26.3 Å². The molecule has 1 atom stereocenters. The molecule has 74 valence electrons. The SMILES string of the molecule is CCC(C)n1ncc2cc(N)cnc21. The van der Waals surface area contributed by atoms with Crippen molar-refractivity contribution in [1.29, 1.82) is 0 Å². The summed E-state index contributed by atoms with van der Waals surface area (Å²) in [5, 5.41) is 5.31. The predicted molar refractivity (Wildman–Crippen MR) is 56.9 cm³/mol. The highest BCUT2D eigenvalue weighted by Gasteiger charge is 2.08. The van der Waals surface area contributed by atoms with Gasteiger partial charge in [0.05, 0.1) is 24.1 Å². The maximum absolute atomic E-state index is 5.64. The van der Waals surface area contributed by atoms with Crippen molar-refractivity contribution in [2.45, 2.75) is 26.3 Å². The summed E-state index contributed by atoms with van der Waals surface area (Å²) < 4.78 is 1.94. The molecule has 0 saturated carbocycles. The van der Waals surface area contributed by atoms with E-state index in [4.69, 9.17) is 5.73 Å². The molecule has 0 aliphatic carbocycles. The second-order valence-corrected chi connectivity index (χ2v) is 3.53. The van der Waals surface area contributed by atoms with E-state index in [0.717, 1.165) is 17.5 Å². The van der Waals surface area contributed by atoms with Gasteiger partial charge in [-0.25, -0.2) is 9.67 Å². The molecule has 0 aromatic carbocycles. The van der Waals surface area contributed by atoms with E-state index in [9.17, 15) is 0 Å². The number of anilines is 1. The van der Waals surface area contributed by atoms with Gasteiger partial charge in [0, 0.05) is 5.39 Å². The highest BCUT2D eigenvalue weighted by atomic mass is 15.3. The Kier molecular flexibility index (Phi) is 2.11. The standard InChI is InChI=1S/C10H14N4/c1-3-7(2)14-10-8(5-13-14)4-9(11)6-12-10/h4-7H,3,11H2,1-2H3. The second-order valence-electron chi connectivity index (χ2n) is 3.53. The van der Waals surface area contributed by atoms with Gasteiger partial charge in [-0.2, -0.15) is 5.10 Å². The summed E-state index contributed by atoms with van der Waals surface area (Å²) in [5.74, 6) is 0. The monoisotopic (exact) mass is 190 g/mol. The van der Waals surface area contributed by atoms with Crippen LogP contribution in [0, 0.1) is 0 Å². The lowest BCUT2D eigenvalue weighted by molar-refractivity contribution is 0.490. The first-order valence-electron chi connectivity index (χ1n) is 4.81. The van der Waals surface area contributed by atoms with E-state index >= 15 is 0 Å². The zero-order valence-electron chi connectivity index (χ0n) is 8.44. The molecule has 2 aromatic heterocycles. The number of rotatable bonds is 2. The molecule has 2 heterocycles. The van der Waals surface area contributed by atoms with Gasteiger partial charge in [-0.05, 0) is 19.4 Å². The van der Waals surface area contributed by atoms with E-state index in [1.807, 2.05) is 16.9 Å². The molecule has 0 radical (unpaired) electrons. The molecule has 0 fully saturated rings. The average Bonchev–Trinajstić information content (AvgIpc) is 2.59. The topological polar surface area (TPSA) is 56.7 Å². The van der Waals surface area contributed by atoms with Crippen molar-refractivity contribution in [2.75, 3.05) is 5.73 Å². The first-order valence-corrected chi connectivity index (χ1v) is 4.81. The van der Waals surface area contributed by atoms with Gasteiger partial charge in [-0.15, -0.1) is 0 Å². The maximum atomic E-state index is 5.64. The number of fused-ring (bicyclic) bond motifs is 1. The van der Waals surface area contributed by atoms with Gasteiger partial charge < -0.3 is 5.73 Å². The lowest BCUT2D eigenvalue weighted by Crippen LogP contribution is -2.06. The first kappa shape index (κ1) is 8.99. The molecule has 0 bridgehead atoms. The van der Waals surface area contributed by atoms with Crippen LogP contribution >= 0.6 is 0 Å². The third kappa shape index (κ3) is 1.32. The molecule has 2 N–H and O–H groups in total. The van der Waals surface area contributed by atoms with Crippen LogP contribution in [0.4, 0.5) is 5.69 Å². The Bertz CT molecular complexity index is 446. The molecule has 1 unspecified atom stereocenters. The van der Waals surface area contributed by atoms with Gasteiger partial charge in [0.2, 0.25) is 0 Å². The largest absolute Gasteiger partial charge is 0.397 e. The zero-order chi connectivity index (χ0) is 10.1. The van der Waals surface area contributed by atoms with E-state index in [1.54, 1.807) is 6.20 Å². The molecule has 0 aliphatic heterocycles. The number of nitrogens with two attached hydrogens (primary N) is 1. The smallest absolute Gasteiger partial charge is 0.158 e. The van der Waals surface area contributed by atoms with E-state index in [-0.39, 0.29) is 0 Å². The number of hydrogen-bond donors (Lipinski definition) is 1. The van der Waals surface area contributed by atoms with E-state index in [1.165, 1.54) is 0 Å². The lowest BCUT2D eigenvalue weighted by Gasteiger charge is -2.09. The van der Waals surface area contributed by atoms with Crippen LogP contribution in [0.15, 0.2) is 18.5 Å². The fraction of sp³-hybridized carbons (Fsp3) is 0.400. The Morgan fingerprint density at radius 1 is 1.50 bits per heavy atom. The van der Waals surface area contributed by atoms with Gasteiger partial charge in [0.1, 0.15) is 0 Å². The van der Waals surface area contributed by atoms with Crippen LogP contribution < -0.4 is 5.73 Å². The van der Waals surface area contributed by atoms with Crippen molar-refractivity contribution in [3.63, 3.8) is 0 Å². The Hall–Kier alpha value is -1.58. The normalized spacial score (nSPS) is 13.3. The van der Waals surface area contributed by atoms with E-state index in [0.29, 0.717) is 11.7 Å². The number of nitrogens with zero attached hydrogens (tertiary/aromatic N) is 3. The van der Waals surface area contributed by atoms with Crippen LogP contribution in [-0.2, 0) is 0 Å². The minimum atomic E-state index is 0.378. The van der Waals surface area contributed by atoms with Gasteiger partial charge in [-0.3, -0.25) is 0 Å². The Balaban J connectivity index is 2.58. The molecule has 2 rings (SSSR count). The highest BCUT2D eigenvalue weighted by molar-refractivity contribution is 5.77. The highest BCUT2D eigenvalue weighted by Crippen LogP contribution is 2.18. The fourth-order valence-electron chi connectivity index (χ4n) is 1.45. The molecule has 4 heteroatoms. The molecule has 0 spiro atoms. The Labute approximate surface area is 82.7 Å². The van der Waals surface area contributed by atoms with Crippen molar-refractivity contribution >= 4 is 16.7 Å². The third-order valence-electron chi connectivity index (χ3n) is 2.46. The first-order chi connectivity index (χ1) is 6.72. The molecular formula is C10H14N4. The van der Waals surface area contributed by atoms with E-state index < -0.39 is 0 Å². The van der Waals surface area contributed by atoms with Crippen molar-refractivity contribution in [2.24, 2.45) is 0 Å². The summed E-state index contributed by atoms with van der Waals surface area (Å²) in [6.07, 6.45) is 4.52. The Morgan fingerprint density at radius 3 is 3.00 bits per heavy atom. The number of aromatic nitrogens is 3. The minimum Gasteiger partial charge on any atom is -0.397 e. The van der Waals surface area contributed by atoms with Crippen molar-refractivity contribution < 1.29 is 0 Å². The van der Waals surface area contributed by atoms with Crippen LogP contribution in [0.2, 0.25) is 0 Å². The molecule has 0 saturated heterocycles. The molecule has 2 aromatic rings. The average molecular weight is 190 g/mol. The molecule has 0 aliphatic rings. The number of pyridine rings is 1.